The molecule has 1 aromatic rings. The molecule has 7 heteroatoms. The maximum atomic E-state index is 12.2. The summed E-state index contributed by atoms with van der Waals surface area (Å²) in [6.45, 7) is 2.23. The Hall–Kier alpha value is -1.15. The molecule has 0 bridgehead atoms. The molecule has 0 saturated heterocycles. The largest absolute Gasteiger partial charge is 0.495 e. The first-order chi connectivity index (χ1) is 8.94. The molecule has 0 aromatic heterocycles. The van der Waals surface area contributed by atoms with Crippen molar-refractivity contribution >= 4 is 10.0 Å². The van der Waals surface area contributed by atoms with Crippen LogP contribution in [0.1, 0.15) is 12.5 Å². The summed E-state index contributed by atoms with van der Waals surface area (Å²) in [6.07, 6.45) is -0.210. The topological polar surface area (TPSA) is 90.7 Å². The van der Waals surface area contributed by atoms with Crippen LogP contribution in [0.5, 0.6) is 5.75 Å². The number of methoxy groups -OCH3 is 2. The molecule has 0 aliphatic heterocycles. The Morgan fingerprint density at radius 3 is 2.58 bits per heavy atom. The molecule has 0 saturated carbocycles. The molecule has 1 rings (SSSR count). The highest BCUT2D eigenvalue weighted by atomic mass is 32.2. The third-order valence-electron chi connectivity index (χ3n) is 2.72. The van der Waals surface area contributed by atoms with Gasteiger partial charge >= 0.3 is 0 Å². The van der Waals surface area contributed by atoms with E-state index in [0.29, 0.717) is 0 Å². The molecule has 0 aliphatic carbocycles. The molecule has 0 radical (unpaired) electrons. The fraction of sp³-hybridized carbons (Fsp3) is 0.500. The zero-order valence-electron chi connectivity index (χ0n) is 11.3. The molecule has 6 nitrogen and oxygen atoms in total. The monoisotopic (exact) mass is 288 g/mol. The molecule has 0 amide bonds. The first-order valence-electron chi connectivity index (χ1n) is 5.84. The first-order valence-corrected chi connectivity index (χ1v) is 7.32. The minimum atomic E-state index is -3.65. The van der Waals surface area contributed by atoms with Crippen molar-refractivity contribution in [3.05, 3.63) is 23.8 Å². The van der Waals surface area contributed by atoms with Gasteiger partial charge in [0, 0.05) is 20.2 Å². The van der Waals surface area contributed by atoms with Gasteiger partial charge in [0.15, 0.2) is 0 Å². The maximum Gasteiger partial charge on any atom is 0.244 e. The Labute approximate surface area is 113 Å². The van der Waals surface area contributed by atoms with Crippen molar-refractivity contribution in [1.82, 2.24) is 4.72 Å². The number of rotatable bonds is 7. The van der Waals surface area contributed by atoms with Crippen LogP contribution in [0.25, 0.3) is 0 Å². The van der Waals surface area contributed by atoms with Crippen molar-refractivity contribution in [3.8, 4) is 5.75 Å². The summed E-state index contributed by atoms with van der Waals surface area (Å²) in [6, 6.07) is 4.84. The van der Waals surface area contributed by atoms with Crippen LogP contribution in [-0.4, -0.2) is 35.3 Å². The van der Waals surface area contributed by atoms with Gasteiger partial charge in [-0.3, -0.25) is 0 Å². The molecule has 1 unspecified atom stereocenters. The quantitative estimate of drug-likeness (QED) is 0.761. The highest BCUT2D eigenvalue weighted by Crippen LogP contribution is 2.24. The van der Waals surface area contributed by atoms with Crippen LogP contribution in [-0.2, 0) is 21.3 Å². The Bertz CT molecular complexity index is 516. The Morgan fingerprint density at radius 1 is 1.37 bits per heavy atom. The van der Waals surface area contributed by atoms with Crippen molar-refractivity contribution in [2.45, 2.75) is 24.5 Å². The standard InChI is InChI=1S/C12H20N2O4S/c1-9(17-2)8-14-19(15,16)12-6-10(7-13)4-5-11(12)18-3/h4-6,9,14H,7-8,13H2,1-3H3. The van der Waals surface area contributed by atoms with Gasteiger partial charge in [-0.05, 0) is 24.6 Å². The molecule has 108 valence electrons. The SMILES string of the molecule is COc1ccc(CN)cc1S(=O)(=O)NCC(C)OC. The molecular formula is C12H20N2O4S. The van der Waals surface area contributed by atoms with Crippen LogP contribution in [0, 0.1) is 0 Å². The van der Waals surface area contributed by atoms with Gasteiger partial charge in [-0.1, -0.05) is 6.07 Å². The first kappa shape index (κ1) is 15.9. The minimum absolute atomic E-state index is 0.0845. The van der Waals surface area contributed by atoms with Crippen molar-refractivity contribution in [2.24, 2.45) is 5.73 Å². The van der Waals surface area contributed by atoms with Gasteiger partial charge < -0.3 is 15.2 Å². The summed E-state index contributed by atoms with van der Waals surface area (Å²) in [4.78, 5) is 0.0845. The van der Waals surface area contributed by atoms with Gasteiger partial charge in [-0.15, -0.1) is 0 Å². The Morgan fingerprint density at radius 2 is 2.05 bits per heavy atom. The van der Waals surface area contributed by atoms with Crippen molar-refractivity contribution in [1.29, 1.82) is 0 Å². The molecule has 0 fully saturated rings. The van der Waals surface area contributed by atoms with Gasteiger partial charge in [-0.25, -0.2) is 13.1 Å². The fourth-order valence-electron chi connectivity index (χ4n) is 1.45. The van der Waals surface area contributed by atoms with E-state index in [4.69, 9.17) is 15.2 Å². The van der Waals surface area contributed by atoms with E-state index in [2.05, 4.69) is 4.72 Å². The number of sulfonamides is 1. The molecule has 3 N–H and O–H groups in total. The number of hydrogen-bond donors (Lipinski definition) is 2. The highest BCUT2D eigenvalue weighted by molar-refractivity contribution is 7.89. The predicted octanol–water partition coefficient (Wildman–Crippen LogP) is 0.467. The van der Waals surface area contributed by atoms with Crippen LogP contribution < -0.4 is 15.2 Å². The van der Waals surface area contributed by atoms with Crippen molar-refractivity contribution < 1.29 is 17.9 Å². The van der Waals surface area contributed by atoms with Crippen molar-refractivity contribution in [3.63, 3.8) is 0 Å². The van der Waals surface area contributed by atoms with E-state index >= 15 is 0 Å². The lowest BCUT2D eigenvalue weighted by Crippen LogP contribution is -2.32. The molecular weight excluding hydrogens is 268 g/mol. The number of nitrogens with two attached hydrogens (primary N) is 1. The lowest BCUT2D eigenvalue weighted by Gasteiger charge is -2.14. The summed E-state index contributed by atoms with van der Waals surface area (Å²) in [5.41, 5.74) is 6.24. The molecule has 1 aromatic carbocycles. The van der Waals surface area contributed by atoms with Crippen LogP contribution in [0.3, 0.4) is 0 Å². The van der Waals surface area contributed by atoms with Gasteiger partial charge in [0.1, 0.15) is 10.6 Å². The lowest BCUT2D eigenvalue weighted by molar-refractivity contribution is 0.122. The van der Waals surface area contributed by atoms with Crippen molar-refractivity contribution in [2.75, 3.05) is 20.8 Å². The number of hydrogen-bond acceptors (Lipinski definition) is 5. The smallest absolute Gasteiger partial charge is 0.244 e. The number of nitrogens with one attached hydrogen (secondary N) is 1. The van der Waals surface area contributed by atoms with E-state index in [1.165, 1.54) is 20.3 Å². The van der Waals surface area contributed by atoms with Crippen LogP contribution in [0.4, 0.5) is 0 Å². The molecule has 19 heavy (non-hydrogen) atoms. The zero-order valence-corrected chi connectivity index (χ0v) is 12.2. The third-order valence-corrected chi connectivity index (χ3v) is 4.16. The summed E-state index contributed by atoms with van der Waals surface area (Å²) < 4.78 is 37.0. The summed E-state index contributed by atoms with van der Waals surface area (Å²) in [5.74, 6) is 0.287. The highest BCUT2D eigenvalue weighted by Gasteiger charge is 2.20. The maximum absolute atomic E-state index is 12.2. The fourth-order valence-corrected chi connectivity index (χ4v) is 2.78. The second kappa shape index (κ2) is 6.85. The van der Waals surface area contributed by atoms with E-state index in [-0.39, 0.29) is 29.8 Å². The third kappa shape index (κ3) is 4.17. The predicted molar refractivity (Wildman–Crippen MR) is 72.5 cm³/mol. The lowest BCUT2D eigenvalue weighted by atomic mass is 10.2. The van der Waals surface area contributed by atoms with E-state index in [9.17, 15) is 8.42 Å². The summed E-state index contributed by atoms with van der Waals surface area (Å²) >= 11 is 0. The second-order valence-corrected chi connectivity index (χ2v) is 5.82. The molecule has 0 aliphatic rings. The number of benzene rings is 1. The van der Waals surface area contributed by atoms with Gasteiger partial charge in [-0.2, -0.15) is 0 Å². The van der Waals surface area contributed by atoms with E-state index in [0.717, 1.165) is 5.56 Å². The molecule has 0 spiro atoms. The van der Waals surface area contributed by atoms with Gasteiger partial charge in [0.05, 0.1) is 13.2 Å². The summed E-state index contributed by atoms with van der Waals surface area (Å²) in [5, 5.41) is 0. The Balaban J connectivity index is 3.05. The molecule has 0 heterocycles. The van der Waals surface area contributed by atoms with Crippen LogP contribution in [0.15, 0.2) is 23.1 Å². The van der Waals surface area contributed by atoms with E-state index in [1.807, 2.05) is 0 Å². The Kier molecular flexibility index (Phi) is 5.74. The molecule has 1 atom stereocenters. The van der Waals surface area contributed by atoms with E-state index < -0.39 is 10.0 Å². The van der Waals surface area contributed by atoms with Crippen LogP contribution >= 0.6 is 0 Å². The minimum Gasteiger partial charge on any atom is -0.495 e. The van der Waals surface area contributed by atoms with Gasteiger partial charge in [0.2, 0.25) is 10.0 Å². The van der Waals surface area contributed by atoms with Crippen LogP contribution in [0.2, 0.25) is 0 Å². The van der Waals surface area contributed by atoms with E-state index in [1.54, 1.807) is 19.1 Å². The van der Waals surface area contributed by atoms with Gasteiger partial charge in [0.25, 0.3) is 0 Å². The average molecular weight is 288 g/mol. The average Bonchev–Trinajstić information content (AvgIpc) is 2.43. The number of ether oxygens (including phenoxy) is 2. The normalized spacial score (nSPS) is 13.3. The zero-order chi connectivity index (χ0) is 14.5. The second-order valence-electron chi connectivity index (χ2n) is 4.09. The summed E-state index contributed by atoms with van der Waals surface area (Å²) in [7, 11) is -0.704.